The summed E-state index contributed by atoms with van der Waals surface area (Å²) in [6.07, 6.45) is 3.50. The molecule has 0 saturated carbocycles. The van der Waals surface area contributed by atoms with Crippen molar-refractivity contribution in [1.82, 2.24) is 10.2 Å². The lowest BCUT2D eigenvalue weighted by Crippen LogP contribution is -2.48. The zero-order valence-corrected chi connectivity index (χ0v) is 22.4. The molecule has 0 aliphatic heterocycles. The summed E-state index contributed by atoms with van der Waals surface area (Å²) >= 11 is 0. The highest BCUT2D eigenvalue weighted by molar-refractivity contribution is 7.92. The fourth-order valence-corrected chi connectivity index (χ4v) is 4.87. The van der Waals surface area contributed by atoms with Gasteiger partial charge in [-0.2, -0.15) is 0 Å². The first kappa shape index (κ1) is 28.4. The Morgan fingerprint density at radius 3 is 2.26 bits per heavy atom. The van der Waals surface area contributed by atoms with E-state index < -0.39 is 16.1 Å². The van der Waals surface area contributed by atoms with Crippen LogP contribution in [-0.2, 0) is 26.2 Å². The summed E-state index contributed by atoms with van der Waals surface area (Å²) in [5.74, 6) is -0.362. The number of carbonyl (C=O) groups excluding carboxylic acids is 2. The second-order valence-electron chi connectivity index (χ2n) is 9.11. The summed E-state index contributed by atoms with van der Waals surface area (Å²) in [6, 6.07) is 14.5. The largest absolute Gasteiger partial charge is 0.354 e. The highest BCUT2D eigenvalue weighted by atomic mass is 32.2. The maximum atomic E-state index is 13.3. The van der Waals surface area contributed by atoms with Gasteiger partial charge in [0, 0.05) is 26.1 Å². The Balaban J connectivity index is 2.14. The van der Waals surface area contributed by atoms with Gasteiger partial charge in [0.2, 0.25) is 21.8 Å². The minimum absolute atomic E-state index is 0.135. The summed E-state index contributed by atoms with van der Waals surface area (Å²) in [7, 11) is -3.50. The lowest BCUT2D eigenvalue weighted by molar-refractivity contribution is -0.140. The van der Waals surface area contributed by atoms with Crippen molar-refractivity contribution in [1.29, 1.82) is 0 Å². The summed E-state index contributed by atoms with van der Waals surface area (Å²) < 4.78 is 26.2. The first-order valence-electron chi connectivity index (χ1n) is 12.2. The number of hydrogen-bond acceptors (Lipinski definition) is 4. The standard InChI is InChI=1S/C27H39N3O4S/c1-6-7-16-28-27(32)23(4)29(20-24-13-8-11-21(2)18-24)26(31)15-10-17-30(35(5,33)34)25-14-9-12-22(3)19-25/h8-9,11-14,18-19,23H,6-7,10,15-17,20H2,1-5H3,(H,28,32)/t23-/m1/s1. The number of aryl methyl sites for hydroxylation is 2. The van der Waals surface area contributed by atoms with Crippen LogP contribution in [-0.4, -0.2) is 50.5 Å². The lowest BCUT2D eigenvalue weighted by atomic mass is 10.1. The second kappa shape index (κ2) is 13.3. The van der Waals surface area contributed by atoms with E-state index in [-0.39, 0.29) is 24.8 Å². The van der Waals surface area contributed by atoms with Crippen LogP contribution in [0.1, 0.15) is 56.2 Å². The van der Waals surface area contributed by atoms with Gasteiger partial charge in [0.25, 0.3) is 0 Å². The number of hydrogen-bond donors (Lipinski definition) is 1. The van der Waals surface area contributed by atoms with E-state index in [4.69, 9.17) is 0 Å². The van der Waals surface area contributed by atoms with E-state index in [0.29, 0.717) is 25.2 Å². The molecule has 35 heavy (non-hydrogen) atoms. The second-order valence-corrected chi connectivity index (χ2v) is 11.0. The summed E-state index contributed by atoms with van der Waals surface area (Å²) in [5.41, 5.74) is 3.57. The molecular weight excluding hydrogens is 462 g/mol. The zero-order valence-electron chi connectivity index (χ0n) is 21.6. The molecule has 0 saturated heterocycles. The van der Waals surface area contributed by atoms with Crippen LogP contribution in [0.4, 0.5) is 5.69 Å². The molecule has 0 aliphatic rings. The zero-order chi connectivity index (χ0) is 26.0. The van der Waals surface area contributed by atoms with Crippen molar-refractivity contribution in [3.63, 3.8) is 0 Å². The maximum Gasteiger partial charge on any atom is 0.242 e. The van der Waals surface area contributed by atoms with Crippen molar-refractivity contribution in [2.45, 2.75) is 66.0 Å². The van der Waals surface area contributed by atoms with Crippen molar-refractivity contribution in [2.24, 2.45) is 0 Å². The van der Waals surface area contributed by atoms with Gasteiger partial charge < -0.3 is 10.2 Å². The predicted molar refractivity (Wildman–Crippen MR) is 142 cm³/mol. The number of nitrogens with zero attached hydrogens (tertiary/aromatic N) is 2. The molecule has 2 amide bonds. The van der Waals surface area contributed by atoms with Gasteiger partial charge in [-0.05, 0) is 56.9 Å². The summed E-state index contributed by atoms with van der Waals surface area (Å²) in [5, 5.41) is 2.92. The number of sulfonamides is 1. The van der Waals surface area contributed by atoms with Gasteiger partial charge in [-0.25, -0.2) is 8.42 Å². The molecule has 1 atom stereocenters. The van der Waals surface area contributed by atoms with Crippen LogP contribution < -0.4 is 9.62 Å². The van der Waals surface area contributed by atoms with Crippen LogP contribution in [0, 0.1) is 13.8 Å². The third-order valence-electron chi connectivity index (χ3n) is 5.87. The van der Waals surface area contributed by atoms with Gasteiger partial charge in [0.05, 0.1) is 11.9 Å². The van der Waals surface area contributed by atoms with E-state index in [1.807, 2.05) is 56.3 Å². The number of benzene rings is 2. The fourth-order valence-electron chi connectivity index (χ4n) is 3.91. The lowest BCUT2D eigenvalue weighted by Gasteiger charge is -2.29. The van der Waals surface area contributed by atoms with Crippen molar-refractivity contribution in [3.8, 4) is 0 Å². The predicted octanol–water partition coefficient (Wildman–Crippen LogP) is 4.18. The van der Waals surface area contributed by atoms with Crippen LogP contribution >= 0.6 is 0 Å². The van der Waals surface area contributed by atoms with Crippen LogP contribution in [0.3, 0.4) is 0 Å². The summed E-state index contributed by atoms with van der Waals surface area (Å²) in [6.45, 7) is 8.77. The number of carbonyl (C=O) groups is 2. The van der Waals surface area contributed by atoms with E-state index in [1.165, 1.54) is 10.6 Å². The van der Waals surface area contributed by atoms with Gasteiger partial charge in [-0.1, -0.05) is 55.3 Å². The van der Waals surface area contributed by atoms with Gasteiger partial charge in [0.1, 0.15) is 6.04 Å². The normalized spacial score (nSPS) is 12.1. The number of unbranched alkanes of at least 4 members (excludes halogenated alkanes) is 1. The van der Waals surface area contributed by atoms with E-state index in [2.05, 4.69) is 12.2 Å². The molecule has 0 unspecified atom stereocenters. The van der Waals surface area contributed by atoms with Crippen molar-refractivity contribution in [2.75, 3.05) is 23.7 Å². The fraction of sp³-hybridized carbons (Fsp3) is 0.481. The Hall–Kier alpha value is -2.87. The molecule has 0 aliphatic carbocycles. The van der Waals surface area contributed by atoms with E-state index in [1.54, 1.807) is 17.9 Å². The van der Waals surface area contributed by atoms with Gasteiger partial charge >= 0.3 is 0 Å². The van der Waals surface area contributed by atoms with Gasteiger partial charge in [-0.15, -0.1) is 0 Å². The minimum Gasteiger partial charge on any atom is -0.354 e. The van der Waals surface area contributed by atoms with E-state index in [0.717, 1.165) is 29.5 Å². The van der Waals surface area contributed by atoms with Crippen molar-refractivity contribution in [3.05, 3.63) is 65.2 Å². The monoisotopic (exact) mass is 501 g/mol. The molecule has 0 heterocycles. The van der Waals surface area contributed by atoms with Crippen LogP contribution in [0.2, 0.25) is 0 Å². The highest BCUT2D eigenvalue weighted by Crippen LogP contribution is 2.20. The Bertz CT molecular complexity index is 1100. The molecule has 192 valence electrons. The molecule has 2 aromatic rings. The van der Waals surface area contributed by atoms with Crippen LogP contribution in [0.5, 0.6) is 0 Å². The summed E-state index contributed by atoms with van der Waals surface area (Å²) in [4.78, 5) is 27.7. The Kier molecular flexibility index (Phi) is 10.8. The first-order valence-corrected chi connectivity index (χ1v) is 14.0. The quantitative estimate of drug-likeness (QED) is 0.417. The Morgan fingerprint density at radius 2 is 1.66 bits per heavy atom. The molecule has 8 heteroatoms. The first-order chi connectivity index (χ1) is 16.5. The average Bonchev–Trinajstić information content (AvgIpc) is 2.79. The molecule has 0 spiro atoms. The number of rotatable bonds is 13. The maximum absolute atomic E-state index is 13.3. The Labute approximate surface area is 210 Å². The average molecular weight is 502 g/mol. The van der Waals surface area contributed by atoms with E-state index >= 15 is 0 Å². The number of anilines is 1. The van der Waals surface area contributed by atoms with Gasteiger partial charge in [0.15, 0.2) is 0 Å². The van der Waals surface area contributed by atoms with Gasteiger partial charge in [-0.3, -0.25) is 13.9 Å². The molecule has 2 rings (SSSR count). The molecule has 0 bridgehead atoms. The molecule has 7 nitrogen and oxygen atoms in total. The number of amides is 2. The third-order valence-corrected chi connectivity index (χ3v) is 7.07. The molecule has 2 aromatic carbocycles. The molecule has 0 aromatic heterocycles. The van der Waals surface area contributed by atoms with Crippen LogP contribution in [0.25, 0.3) is 0 Å². The molecule has 0 radical (unpaired) electrons. The molecule has 1 N–H and O–H groups in total. The topological polar surface area (TPSA) is 86.8 Å². The molecule has 0 fully saturated rings. The number of nitrogens with one attached hydrogen (secondary N) is 1. The van der Waals surface area contributed by atoms with Crippen molar-refractivity contribution >= 4 is 27.5 Å². The highest BCUT2D eigenvalue weighted by Gasteiger charge is 2.26. The van der Waals surface area contributed by atoms with Crippen molar-refractivity contribution < 1.29 is 18.0 Å². The van der Waals surface area contributed by atoms with Crippen LogP contribution in [0.15, 0.2) is 48.5 Å². The minimum atomic E-state index is -3.50. The Morgan fingerprint density at radius 1 is 1.00 bits per heavy atom. The molecular formula is C27H39N3O4S. The third kappa shape index (κ3) is 9.02. The SMILES string of the molecule is CCCCNC(=O)[C@@H](C)N(Cc1cccc(C)c1)C(=O)CCCN(c1cccc(C)c1)S(C)(=O)=O. The smallest absolute Gasteiger partial charge is 0.242 e. The van der Waals surface area contributed by atoms with E-state index in [9.17, 15) is 18.0 Å².